The zero-order valence-electron chi connectivity index (χ0n) is 13.2. The lowest BCUT2D eigenvalue weighted by atomic mass is 10.1. The SMILES string of the molecule is CCCCNC(=O)c1cnc(NCCc2cccc(Cl)c2)nc1. The first-order chi connectivity index (χ1) is 11.2. The smallest absolute Gasteiger partial charge is 0.254 e. The third kappa shape index (κ3) is 5.87. The molecule has 1 heterocycles. The van der Waals surface area contributed by atoms with Gasteiger partial charge in [-0.25, -0.2) is 9.97 Å². The number of carbonyl (C=O) groups is 1. The van der Waals surface area contributed by atoms with E-state index in [9.17, 15) is 4.79 Å². The summed E-state index contributed by atoms with van der Waals surface area (Å²) in [5, 5.41) is 6.70. The van der Waals surface area contributed by atoms with Gasteiger partial charge in [0.2, 0.25) is 5.95 Å². The zero-order valence-corrected chi connectivity index (χ0v) is 13.9. The van der Waals surface area contributed by atoms with Crippen molar-refractivity contribution in [2.24, 2.45) is 0 Å². The Morgan fingerprint density at radius 3 is 2.70 bits per heavy atom. The van der Waals surface area contributed by atoms with E-state index in [1.807, 2.05) is 24.3 Å². The zero-order chi connectivity index (χ0) is 16.5. The predicted molar refractivity (Wildman–Crippen MR) is 92.9 cm³/mol. The summed E-state index contributed by atoms with van der Waals surface area (Å²) in [6, 6.07) is 7.75. The Labute approximate surface area is 141 Å². The lowest BCUT2D eigenvalue weighted by molar-refractivity contribution is 0.0952. The molecule has 1 aromatic heterocycles. The minimum atomic E-state index is -0.135. The van der Waals surface area contributed by atoms with Crippen LogP contribution in [-0.2, 0) is 6.42 Å². The highest BCUT2D eigenvalue weighted by molar-refractivity contribution is 6.30. The summed E-state index contributed by atoms with van der Waals surface area (Å²) in [5.74, 6) is 0.376. The van der Waals surface area contributed by atoms with Gasteiger partial charge in [-0.15, -0.1) is 0 Å². The van der Waals surface area contributed by atoms with Crippen molar-refractivity contribution >= 4 is 23.5 Å². The van der Waals surface area contributed by atoms with Crippen LogP contribution < -0.4 is 10.6 Å². The van der Waals surface area contributed by atoms with Gasteiger partial charge in [0.25, 0.3) is 5.91 Å². The highest BCUT2D eigenvalue weighted by Gasteiger charge is 2.06. The van der Waals surface area contributed by atoms with Crippen molar-refractivity contribution in [3.63, 3.8) is 0 Å². The van der Waals surface area contributed by atoms with Crippen LogP contribution in [0.3, 0.4) is 0 Å². The molecule has 0 aliphatic rings. The summed E-state index contributed by atoms with van der Waals surface area (Å²) in [6.07, 6.45) is 5.91. The molecular weight excluding hydrogens is 312 g/mol. The molecule has 2 N–H and O–H groups in total. The van der Waals surface area contributed by atoms with Crippen LogP contribution in [0.25, 0.3) is 0 Å². The average molecular weight is 333 g/mol. The third-order valence-corrected chi connectivity index (χ3v) is 3.55. The number of halogens is 1. The Bertz CT molecular complexity index is 631. The molecule has 1 amide bonds. The number of unbranched alkanes of at least 4 members (excludes halogenated alkanes) is 1. The number of rotatable bonds is 8. The van der Waals surface area contributed by atoms with Crippen LogP contribution in [0.5, 0.6) is 0 Å². The number of amides is 1. The Morgan fingerprint density at radius 1 is 1.22 bits per heavy atom. The largest absolute Gasteiger partial charge is 0.354 e. The molecule has 23 heavy (non-hydrogen) atoms. The molecule has 0 radical (unpaired) electrons. The van der Waals surface area contributed by atoms with Crippen LogP contribution in [-0.4, -0.2) is 29.0 Å². The van der Waals surface area contributed by atoms with E-state index in [1.165, 1.54) is 12.4 Å². The molecule has 2 rings (SSSR count). The van der Waals surface area contributed by atoms with E-state index in [1.54, 1.807) is 0 Å². The molecule has 122 valence electrons. The third-order valence-electron chi connectivity index (χ3n) is 3.32. The fourth-order valence-electron chi connectivity index (χ4n) is 2.03. The second kappa shape index (κ2) is 9.10. The number of carbonyl (C=O) groups excluding carboxylic acids is 1. The van der Waals surface area contributed by atoms with Crippen LogP contribution in [0.1, 0.15) is 35.7 Å². The summed E-state index contributed by atoms with van der Waals surface area (Å²) in [5.41, 5.74) is 1.62. The maximum Gasteiger partial charge on any atom is 0.254 e. The number of nitrogens with zero attached hydrogens (tertiary/aromatic N) is 2. The minimum absolute atomic E-state index is 0.135. The summed E-state index contributed by atoms with van der Waals surface area (Å²) >= 11 is 5.95. The maximum atomic E-state index is 11.8. The van der Waals surface area contributed by atoms with E-state index >= 15 is 0 Å². The standard InChI is InChI=1S/C17H21ClN4O/c1-2-3-8-19-16(23)14-11-21-17(22-12-14)20-9-7-13-5-4-6-15(18)10-13/h4-6,10-12H,2-3,7-9H2,1H3,(H,19,23)(H,20,21,22). The predicted octanol–water partition coefficient (Wildman–Crippen LogP) is 3.31. The Balaban J connectivity index is 1.79. The molecule has 0 spiro atoms. The first kappa shape index (κ1) is 17.2. The van der Waals surface area contributed by atoms with Crippen molar-refractivity contribution in [1.29, 1.82) is 0 Å². The molecule has 5 nitrogen and oxygen atoms in total. The summed E-state index contributed by atoms with van der Waals surface area (Å²) < 4.78 is 0. The van der Waals surface area contributed by atoms with Gasteiger partial charge in [0.1, 0.15) is 0 Å². The summed E-state index contributed by atoms with van der Waals surface area (Å²) in [7, 11) is 0. The van der Waals surface area contributed by atoms with Crippen LogP contribution in [0.15, 0.2) is 36.7 Å². The van der Waals surface area contributed by atoms with Crippen molar-refractivity contribution in [2.75, 3.05) is 18.4 Å². The average Bonchev–Trinajstić information content (AvgIpc) is 2.56. The monoisotopic (exact) mass is 332 g/mol. The Hall–Kier alpha value is -2.14. The quantitative estimate of drug-likeness (QED) is 0.728. The number of anilines is 1. The van der Waals surface area contributed by atoms with Crippen molar-refractivity contribution in [3.8, 4) is 0 Å². The van der Waals surface area contributed by atoms with Crippen molar-refractivity contribution in [3.05, 3.63) is 52.8 Å². The van der Waals surface area contributed by atoms with Crippen LogP contribution in [0.4, 0.5) is 5.95 Å². The van der Waals surface area contributed by atoms with Gasteiger partial charge >= 0.3 is 0 Å². The van der Waals surface area contributed by atoms with Gasteiger partial charge in [-0.1, -0.05) is 37.1 Å². The fraction of sp³-hybridized carbons (Fsp3) is 0.353. The van der Waals surface area contributed by atoms with E-state index in [0.29, 0.717) is 24.6 Å². The Kier molecular flexibility index (Phi) is 6.81. The molecule has 0 aliphatic heterocycles. The normalized spacial score (nSPS) is 10.3. The van der Waals surface area contributed by atoms with E-state index in [0.717, 1.165) is 29.8 Å². The molecule has 0 aliphatic carbocycles. The molecule has 0 saturated heterocycles. The van der Waals surface area contributed by atoms with Gasteiger partial charge in [-0.2, -0.15) is 0 Å². The molecular formula is C17H21ClN4O. The molecule has 6 heteroatoms. The lowest BCUT2D eigenvalue weighted by Crippen LogP contribution is -2.24. The van der Waals surface area contributed by atoms with Crippen molar-refractivity contribution < 1.29 is 4.79 Å². The number of aromatic nitrogens is 2. The van der Waals surface area contributed by atoms with Gasteiger partial charge < -0.3 is 10.6 Å². The van der Waals surface area contributed by atoms with E-state index in [-0.39, 0.29) is 5.91 Å². The first-order valence-corrected chi connectivity index (χ1v) is 8.15. The van der Waals surface area contributed by atoms with Crippen molar-refractivity contribution in [2.45, 2.75) is 26.2 Å². The number of hydrogen-bond donors (Lipinski definition) is 2. The molecule has 0 bridgehead atoms. The second-order valence-electron chi connectivity index (χ2n) is 5.21. The van der Waals surface area contributed by atoms with E-state index in [4.69, 9.17) is 11.6 Å². The van der Waals surface area contributed by atoms with Gasteiger partial charge in [-0.05, 0) is 30.5 Å². The van der Waals surface area contributed by atoms with Gasteiger partial charge in [0.15, 0.2) is 0 Å². The van der Waals surface area contributed by atoms with Crippen LogP contribution in [0.2, 0.25) is 5.02 Å². The molecule has 0 saturated carbocycles. The summed E-state index contributed by atoms with van der Waals surface area (Å²) in [6.45, 7) is 3.45. The molecule has 0 atom stereocenters. The lowest BCUT2D eigenvalue weighted by Gasteiger charge is -2.07. The molecule has 1 aromatic carbocycles. The van der Waals surface area contributed by atoms with Crippen LogP contribution >= 0.6 is 11.6 Å². The molecule has 0 fully saturated rings. The highest BCUT2D eigenvalue weighted by Crippen LogP contribution is 2.11. The minimum Gasteiger partial charge on any atom is -0.354 e. The second-order valence-corrected chi connectivity index (χ2v) is 5.65. The maximum absolute atomic E-state index is 11.8. The topological polar surface area (TPSA) is 66.9 Å². The number of nitrogens with one attached hydrogen (secondary N) is 2. The van der Waals surface area contributed by atoms with Gasteiger partial charge in [0.05, 0.1) is 5.56 Å². The fourth-order valence-corrected chi connectivity index (χ4v) is 2.24. The van der Waals surface area contributed by atoms with Gasteiger partial charge in [-0.3, -0.25) is 4.79 Å². The summed E-state index contributed by atoms with van der Waals surface area (Å²) in [4.78, 5) is 20.2. The van der Waals surface area contributed by atoms with Gasteiger partial charge in [0, 0.05) is 30.5 Å². The first-order valence-electron chi connectivity index (χ1n) is 7.77. The molecule has 2 aromatic rings. The van der Waals surface area contributed by atoms with E-state index < -0.39 is 0 Å². The number of benzene rings is 1. The number of hydrogen-bond acceptors (Lipinski definition) is 4. The van der Waals surface area contributed by atoms with Crippen LogP contribution in [0, 0.1) is 0 Å². The van der Waals surface area contributed by atoms with Crippen molar-refractivity contribution in [1.82, 2.24) is 15.3 Å². The molecule has 0 unspecified atom stereocenters. The van der Waals surface area contributed by atoms with E-state index in [2.05, 4.69) is 27.5 Å². The Morgan fingerprint density at radius 2 is 2.00 bits per heavy atom. The highest BCUT2D eigenvalue weighted by atomic mass is 35.5.